The van der Waals surface area contributed by atoms with Crippen LogP contribution in [0.25, 0.3) is 0 Å². The summed E-state index contributed by atoms with van der Waals surface area (Å²) in [4.78, 5) is 12.4. The Balaban J connectivity index is 2.23. The third kappa shape index (κ3) is 3.03. The number of aliphatic hydroxyl groups is 1. The molecule has 2 rings (SSSR count). The Morgan fingerprint density at radius 3 is 2.62 bits per heavy atom. The molecule has 0 spiro atoms. The molecule has 0 bridgehead atoms. The van der Waals surface area contributed by atoms with Crippen molar-refractivity contribution in [2.45, 2.75) is 39.8 Å². The molecule has 2 N–H and O–H groups in total. The molecule has 1 amide bonds. The highest BCUT2D eigenvalue weighted by Crippen LogP contribution is 2.21. The van der Waals surface area contributed by atoms with E-state index in [9.17, 15) is 9.90 Å². The molecular weight excluding hydrogens is 268 g/mol. The van der Waals surface area contributed by atoms with Crippen LogP contribution in [-0.4, -0.2) is 22.2 Å². The summed E-state index contributed by atoms with van der Waals surface area (Å²) in [6.45, 7) is 7.88. The van der Waals surface area contributed by atoms with Crippen LogP contribution < -0.4 is 5.32 Å². The molecule has 1 atom stereocenters. The first kappa shape index (κ1) is 15.4. The normalized spacial score (nSPS) is 12.7. The quantitative estimate of drug-likeness (QED) is 0.889. The lowest BCUT2D eigenvalue weighted by Crippen LogP contribution is -2.30. The second-order valence-electron chi connectivity index (χ2n) is 5.47. The Kier molecular flexibility index (Phi) is 4.53. The molecular formula is C16H22N2O3. The van der Waals surface area contributed by atoms with Crippen molar-refractivity contribution < 1.29 is 14.3 Å². The minimum atomic E-state index is -0.533. The smallest absolute Gasteiger partial charge is 0.253 e. The maximum Gasteiger partial charge on any atom is 0.253 e. The average molecular weight is 290 g/mol. The van der Waals surface area contributed by atoms with Gasteiger partial charge in [-0.1, -0.05) is 0 Å². The Bertz CT molecular complexity index is 612. The number of furan rings is 1. The van der Waals surface area contributed by atoms with Gasteiger partial charge in [-0.05, 0) is 45.9 Å². The van der Waals surface area contributed by atoms with Gasteiger partial charge in [0.15, 0.2) is 0 Å². The predicted octanol–water partition coefficient (Wildman–Crippen LogP) is 2.74. The minimum absolute atomic E-state index is 0.203. The van der Waals surface area contributed by atoms with Crippen LogP contribution in [0.4, 0.5) is 0 Å². The summed E-state index contributed by atoms with van der Waals surface area (Å²) in [5.41, 5.74) is 2.61. The maximum absolute atomic E-state index is 12.4. The molecule has 2 heterocycles. The first-order valence-corrected chi connectivity index (χ1v) is 7.09. The van der Waals surface area contributed by atoms with Gasteiger partial charge in [-0.15, -0.1) is 0 Å². The molecule has 0 saturated heterocycles. The molecule has 21 heavy (non-hydrogen) atoms. The number of amides is 1. The van der Waals surface area contributed by atoms with Gasteiger partial charge in [-0.25, -0.2) is 0 Å². The van der Waals surface area contributed by atoms with Crippen LogP contribution in [0.2, 0.25) is 0 Å². The number of aliphatic hydroxyl groups excluding tert-OH is 1. The molecule has 5 nitrogen and oxygen atoms in total. The van der Waals surface area contributed by atoms with E-state index in [0.29, 0.717) is 17.4 Å². The second-order valence-corrected chi connectivity index (χ2v) is 5.47. The third-order valence-corrected chi connectivity index (χ3v) is 3.62. The number of rotatable bonds is 5. The Morgan fingerprint density at radius 2 is 2.14 bits per heavy atom. The van der Waals surface area contributed by atoms with Gasteiger partial charge in [0.2, 0.25) is 0 Å². The summed E-state index contributed by atoms with van der Waals surface area (Å²) in [6.07, 6.45) is 1.52. The SMILES string of the molecule is Cc1cc(C(=O)NC(CO)c2ccco2)c(C)n1C(C)C. The zero-order valence-electron chi connectivity index (χ0n) is 12.9. The van der Waals surface area contributed by atoms with Crippen LogP contribution in [0.15, 0.2) is 28.9 Å². The zero-order valence-corrected chi connectivity index (χ0v) is 12.9. The van der Waals surface area contributed by atoms with E-state index >= 15 is 0 Å². The van der Waals surface area contributed by atoms with E-state index in [1.807, 2.05) is 19.9 Å². The number of nitrogens with zero attached hydrogens (tertiary/aromatic N) is 1. The lowest BCUT2D eigenvalue weighted by Gasteiger charge is -2.15. The van der Waals surface area contributed by atoms with Gasteiger partial charge in [-0.3, -0.25) is 4.79 Å². The molecule has 0 aliphatic carbocycles. The molecule has 0 fully saturated rings. The Hall–Kier alpha value is -2.01. The molecule has 2 aromatic heterocycles. The minimum Gasteiger partial charge on any atom is -0.467 e. The number of aromatic nitrogens is 1. The fourth-order valence-electron chi connectivity index (χ4n) is 2.73. The number of hydrogen-bond acceptors (Lipinski definition) is 3. The van der Waals surface area contributed by atoms with Crippen LogP contribution in [0.1, 0.15) is 53.4 Å². The predicted molar refractivity (Wildman–Crippen MR) is 80.3 cm³/mol. The zero-order chi connectivity index (χ0) is 15.6. The standard InChI is InChI=1S/C16H22N2O3/c1-10(2)18-11(3)8-13(12(18)4)16(20)17-14(9-19)15-6-5-7-21-15/h5-8,10,14,19H,9H2,1-4H3,(H,17,20). The van der Waals surface area contributed by atoms with Gasteiger partial charge in [0.25, 0.3) is 5.91 Å². The molecule has 0 radical (unpaired) electrons. The summed E-state index contributed by atoms with van der Waals surface area (Å²) in [6, 6.07) is 5.11. The topological polar surface area (TPSA) is 67.4 Å². The maximum atomic E-state index is 12.4. The fraction of sp³-hybridized carbons (Fsp3) is 0.438. The third-order valence-electron chi connectivity index (χ3n) is 3.62. The summed E-state index contributed by atoms with van der Waals surface area (Å²) < 4.78 is 7.36. The van der Waals surface area contributed by atoms with Gasteiger partial charge in [-0.2, -0.15) is 0 Å². The average Bonchev–Trinajstić information content (AvgIpc) is 3.03. The molecule has 0 aliphatic heterocycles. The van der Waals surface area contributed by atoms with Crippen molar-refractivity contribution >= 4 is 5.91 Å². The van der Waals surface area contributed by atoms with E-state index in [0.717, 1.165) is 11.4 Å². The lowest BCUT2D eigenvalue weighted by molar-refractivity contribution is 0.0906. The van der Waals surface area contributed by atoms with Crippen LogP contribution in [-0.2, 0) is 0 Å². The van der Waals surface area contributed by atoms with Gasteiger partial charge < -0.3 is 19.4 Å². The van der Waals surface area contributed by atoms with E-state index in [2.05, 4.69) is 23.7 Å². The van der Waals surface area contributed by atoms with Gasteiger partial charge in [0, 0.05) is 17.4 Å². The molecule has 0 aromatic carbocycles. The number of hydrogen-bond donors (Lipinski definition) is 2. The summed E-state index contributed by atoms with van der Waals surface area (Å²) in [5, 5.41) is 12.2. The van der Waals surface area contributed by atoms with Crippen molar-refractivity contribution in [2.24, 2.45) is 0 Å². The van der Waals surface area contributed by atoms with Crippen molar-refractivity contribution in [3.05, 3.63) is 47.2 Å². The van der Waals surface area contributed by atoms with Crippen molar-refractivity contribution in [1.29, 1.82) is 0 Å². The summed E-state index contributed by atoms with van der Waals surface area (Å²) >= 11 is 0. The van der Waals surface area contributed by atoms with Gasteiger partial charge in [0.1, 0.15) is 11.8 Å². The molecule has 5 heteroatoms. The van der Waals surface area contributed by atoms with Crippen LogP contribution in [0.5, 0.6) is 0 Å². The van der Waals surface area contributed by atoms with Gasteiger partial charge >= 0.3 is 0 Å². The molecule has 114 valence electrons. The van der Waals surface area contributed by atoms with Crippen molar-refractivity contribution in [1.82, 2.24) is 9.88 Å². The second kappa shape index (κ2) is 6.18. The number of carbonyl (C=O) groups excluding carboxylic acids is 1. The van der Waals surface area contributed by atoms with Crippen LogP contribution >= 0.6 is 0 Å². The van der Waals surface area contributed by atoms with E-state index < -0.39 is 6.04 Å². The lowest BCUT2D eigenvalue weighted by atomic mass is 10.2. The van der Waals surface area contributed by atoms with E-state index in [-0.39, 0.29) is 12.5 Å². The molecule has 0 saturated carbocycles. The van der Waals surface area contributed by atoms with E-state index in [1.54, 1.807) is 12.1 Å². The van der Waals surface area contributed by atoms with Crippen molar-refractivity contribution in [3.63, 3.8) is 0 Å². The first-order chi connectivity index (χ1) is 9.95. The van der Waals surface area contributed by atoms with E-state index in [4.69, 9.17) is 4.42 Å². The van der Waals surface area contributed by atoms with Crippen LogP contribution in [0.3, 0.4) is 0 Å². The first-order valence-electron chi connectivity index (χ1n) is 7.09. The molecule has 0 aliphatic rings. The fourth-order valence-corrected chi connectivity index (χ4v) is 2.73. The van der Waals surface area contributed by atoms with E-state index in [1.165, 1.54) is 6.26 Å². The largest absolute Gasteiger partial charge is 0.467 e. The number of carbonyl (C=O) groups is 1. The van der Waals surface area contributed by atoms with Gasteiger partial charge in [0.05, 0.1) is 18.4 Å². The highest BCUT2D eigenvalue weighted by molar-refractivity contribution is 5.96. The summed E-state index contributed by atoms with van der Waals surface area (Å²) in [5.74, 6) is 0.342. The molecule has 1 unspecified atom stereocenters. The Morgan fingerprint density at radius 1 is 1.43 bits per heavy atom. The number of aryl methyl sites for hydroxylation is 1. The number of nitrogens with one attached hydrogen (secondary N) is 1. The highest BCUT2D eigenvalue weighted by Gasteiger charge is 2.21. The van der Waals surface area contributed by atoms with Crippen molar-refractivity contribution in [3.8, 4) is 0 Å². The monoisotopic (exact) mass is 290 g/mol. The molecule has 2 aromatic rings. The Labute approximate surface area is 124 Å². The van der Waals surface area contributed by atoms with Crippen LogP contribution in [0, 0.1) is 13.8 Å². The summed E-state index contributed by atoms with van der Waals surface area (Å²) in [7, 11) is 0. The highest BCUT2D eigenvalue weighted by atomic mass is 16.3. The van der Waals surface area contributed by atoms with Crippen molar-refractivity contribution in [2.75, 3.05) is 6.61 Å².